The summed E-state index contributed by atoms with van der Waals surface area (Å²) >= 11 is 0. The van der Waals surface area contributed by atoms with Gasteiger partial charge in [-0.3, -0.25) is 4.79 Å². The van der Waals surface area contributed by atoms with Crippen LogP contribution in [0.1, 0.15) is 48.8 Å². The average molecular weight is 259 g/mol. The van der Waals surface area contributed by atoms with Gasteiger partial charge in [-0.05, 0) is 49.8 Å². The zero-order valence-electron chi connectivity index (χ0n) is 12.2. The number of hydrogen-bond acceptors (Lipinski definition) is 1. The Labute approximate surface area is 116 Å². The van der Waals surface area contributed by atoms with Crippen molar-refractivity contribution in [1.29, 1.82) is 0 Å². The monoisotopic (exact) mass is 259 g/mol. The van der Waals surface area contributed by atoms with E-state index in [0.717, 1.165) is 19.5 Å². The van der Waals surface area contributed by atoms with Gasteiger partial charge in [0.2, 0.25) is 5.91 Å². The largest absolute Gasteiger partial charge is 0.343 e. The highest BCUT2D eigenvalue weighted by atomic mass is 16.2. The van der Waals surface area contributed by atoms with Gasteiger partial charge in [-0.25, -0.2) is 0 Å². The maximum atomic E-state index is 12.2. The Morgan fingerprint density at radius 3 is 2.37 bits per heavy atom. The smallest absolute Gasteiger partial charge is 0.222 e. The number of rotatable bonds is 3. The molecule has 1 fully saturated rings. The molecule has 1 aliphatic heterocycles. The van der Waals surface area contributed by atoms with Gasteiger partial charge >= 0.3 is 0 Å². The Morgan fingerprint density at radius 1 is 1.05 bits per heavy atom. The molecular formula is C17H25NO. The van der Waals surface area contributed by atoms with Crippen molar-refractivity contribution in [1.82, 2.24) is 4.90 Å². The molecule has 0 unspecified atom stereocenters. The summed E-state index contributed by atoms with van der Waals surface area (Å²) in [6, 6.07) is 6.52. The Morgan fingerprint density at radius 2 is 1.74 bits per heavy atom. The van der Waals surface area contributed by atoms with Crippen LogP contribution in [0.2, 0.25) is 0 Å². The van der Waals surface area contributed by atoms with Crippen LogP contribution in [0.4, 0.5) is 0 Å². The number of carbonyl (C=O) groups excluding carboxylic acids is 1. The SMILES string of the molecule is Cc1ccc(CCC(=O)N2CCCCCC2)cc1C. The molecule has 2 rings (SSSR count). The molecule has 0 radical (unpaired) electrons. The Kier molecular flexibility index (Phi) is 5.00. The zero-order valence-corrected chi connectivity index (χ0v) is 12.2. The Bertz CT molecular complexity index is 431. The Hall–Kier alpha value is -1.31. The lowest BCUT2D eigenvalue weighted by Gasteiger charge is -2.20. The number of benzene rings is 1. The molecule has 1 saturated heterocycles. The van der Waals surface area contributed by atoms with Gasteiger partial charge in [-0.15, -0.1) is 0 Å². The van der Waals surface area contributed by atoms with Crippen LogP contribution in [0.15, 0.2) is 18.2 Å². The van der Waals surface area contributed by atoms with E-state index in [9.17, 15) is 4.79 Å². The molecule has 1 aromatic carbocycles. The lowest BCUT2D eigenvalue weighted by molar-refractivity contribution is -0.131. The normalized spacial score (nSPS) is 16.2. The summed E-state index contributed by atoms with van der Waals surface area (Å²) in [6.45, 7) is 6.19. The third kappa shape index (κ3) is 4.09. The van der Waals surface area contributed by atoms with Crippen LogP contribution in [-0.4, -0.2) is 23.9 Å². The summed E-state index contributed by atoms with van der Waals surface area (Å²) < 4.78 is 0. The molecule has 0 aromatic heterocycles. The zero-order chi connectivity index (χ0) is 13.7. The fourth-order valence-corrected chi connectivity index (χ4v) is 2.69. The van der Waals surface area contributed by atoms with Crippen LogP contribution in [0.3, 0.4) is 0 Å². The van der Waals surface area contributed by atoms with Crippen molar-refractivity contribution in [3.05, 3.63) is 34.9 Å². The molecular weight excluding hydrogens is 234 g/mol. The van der Waals surface area contributed by atoms with Crippen LogP contribution in [-0.2, 0) is 11.2 Å². The van der Waals surface area contributed by atoms with E-state index in [2.05, 4.69) is 36.9 Å². The molecule has 1 heterocycles. The number of hydrogen-bond donors (Lipinski definition) is 0. The van der Waals surface area contributed by atoms with Crippen molar-refractivity contribution in [2.45, 2.75) is 52.4 Å². The van der Waals surface area contributed by atoms with Crippen molar-refractivity contribution in [2.75, 3.05) is 13.1 Å². The molecule has 2 nitrogen and oxygen atoms in total. The summed E-state index contributed by atoms with van der Waals surface area (Å²) in [6.07, 6.45) is 6.44. The Balaban J connectivity index is 1.86. The predicted octanol–water partition coefficient (Wildman–Crippen LogP) is 3.64. The first kappa shape index (κ1) is 14.1. The van der Waals surface area contributed by atoms with Crippen molar-refractivity contribution in [2.24, 2.45) is 0 Å². The summed E-state index contributed by atoms with van der Waals surface area (Å²) in [7, 11) is 0. The molecule has 0 N–H and O–H groups in total. The van der Waals surface area contributed by atoms with Gasteiger partial charge in [0.25, 0.3) is 0 Å². The van der Waals surface area contributed by atoms with Crippen LogP contribution in [0.25, 0.3) is 0 Å². The van der Waals surface area contributed by atoms with Crippen molar-refractivity contribution in [3.8, 4) is 0 Å². The molecule has 104 valence electrons. The first-order valence-corrected chi connectivity index (χ1v) is 7.51. The summed E-state index contributed by atoms with van der Waals surface area (Å²) in [4.78, 5) is 14.3. The molecule has 19 heavy (non-hydrogen) atoms. The fourth-order valence-electron chi connectivity index (χ4n) is 2.69. The highest BCUT2D eigenvalue weighted by Gasteiger charge is 2.15. The number of amides is 1. The van der Waals surface area contributed by atoms with E-state index in [4.69, 9.17) is 0 Å². The highest BCUT2D eigenvalue weighted by molar-refractivity contribution is 5.76. The van der Waals surface area contributed by atoms with E-state index in [0.29, 0.717) is 12.3 Å². The molecule has 0 spiro atoms. The molecule has 0 aliphatic carbocycles. The van der Waals surface area contributed by atoms with Crippen molar-refractivity contribution < 1.29 is 4.79 Å². The summed E-state index contributed by atoms with van der Waals surface area (Å²) in [5, 5.41) is 0. The number of aryl methyl sites for hydroxylation is 3. The molecule has 0 bridgehead atoms. The topological polar surface area (TPSA) is 20.3 Å². The van der Waals surface area contributed by atoms with Crippen LogP contribution < -0.4 is 0 Å². The van der Waals surface area contributed by atoms with E-state index < -0.39 is 0 Å². The van der Waals surface area contributed by atoms with E-state index in [1.807, 2.05) is 0 Å². The second-order valence-corrected chi connectivity index (χ2v) is 5.71. The van der Waals surface area contributed by atoms with Crippen molar-refractivity contribution >= 4 is 5.91 Å². The molecule has 1 aliphatic rings. The fraction of sp³-hybridized carbons (Fsp3) is 0.588. The van der Waals surface area contributed by atoms with Crippen LogP contribution >= 0.6 is 0 Å². The molecule has 0 atom stereocenters. The van der Waals surface area contributed by atoms with Crippen LogP contribution in [0, 0.1) is 13.8 Å². The summed E-state index contributed by atoms with van der Waals surface area (Å²) in [5.41, 5.74) is 3.92. The predicted molar refractivity (Wildman–Crippen MR) is 79.3 cm³/mol. The maximum Gasteiger partial charge on any atom is 0.222 e. The molecule has 2 heteroatoms. The minimum atomic E-state index is 0.333. The second kappa shape index (κ2) is 6.74. The lowest BCUT2D eigenvalue weighted by atomic mass is 10.0. The van der Waals surface area contributed by atoms with Gasteiger partial charge in [0.15, 0.2) is 0 Å². The minimum absolute atomic E-state index is 0.333. The highest BCUT2D eigenvalue weighted by Crippen LogP contribution is 2.14. The van der Waals surface area contributed by atoms with Gasteiger partial charge in [-0.2, -0.15) is 0 Å². The van der Waals surface area contributed by atoms with Gasteiger partial charge in [-0.1, -0.05) is 31.0 Å². The average Bonchev–Trinajstić information content (AvgIpc) is 2.69. The van der Waals surface area contributed by atoms with E-state index in [-0.39, 0.29) is 0 Å². The van der Waals surface area contributed by atoms with Gasteiger partial charge in [0.05, 0.1) is 0 Å². The first-order chi connectivity index (χ1) is 9.16. The molecule has 1 aromatic rings. The number of carbonyl (C=O) groups is 1. The number of likely N-dealkylation sites (tertiary alicyclic amines) is 1. The molecule has 0 saturated carbocycles. The standard InChI is InChI=1S/C17H25NO/c1-14-7-8-16(13-15(14)2)9-10-17(19)18-11-5-3-4-6-12-18/h7-8,13H,3-6,9-12H2,1-2H3. The van der Waals surface area contributed by atoms with Crippen LogP contribution in [0.5, 0.6) is 0 Å². The minimum Gasteiger partial charge on any atom is -0.343 e. The van der Waals surface area contributed by atoms with E-state index in [1.54, 1.807) is 0 Å². The number of nitrogens with zero attached hydrogens (tertiary/aromatic N) is 1. The van der Waals surface area contributed by atoms with E-state index in [1.165, 1.54) is 42.4 Å². The third-order valence-corrected chi connectivity index (χ3v) is 4.16. The summed E-state index contributed by atoms with van der Waals surface area (Å²) in [5.74, 6) is 0.333. The lowest BCUT2D eigenvalue weighted by Crippen LogP contribution is -2.31. The van der Waals surface area contributed by atoms with Gasteiger partial charge in [0, 0.05) is 19.5 Å². The quantitative estimate of drug-likeness (QED) is 0.811. The van der Waals surface area contributed by atoms with Gasteiger partial charge in [0.1, 0.15) is 0 Å². The molecule has 1 amide bonds. The first-order valence-electron chi connectivity index (χ1n) is 7.51. The third-order valence-electron chi connectivity index (χ3n) is 4.16. The van der Waals surface area contributed by atoms with Gasteiger partial charge < -0.3 is 4.90 Å². The second-order valence-electron chi connectivity index (χ2n) is 5.71. The maximum absolute atomic E-state index is 12.2. The van der Waals surface area contributed by atoms with E-state index >= 15 is 0 Å². The van der Waals surface area contributed by atoms with Crippen molar-refractivity contribution in [3.63, 3.8) is 0 Å².